The molecule has 2 aromatic rings. The Kier molecular flexibility index (Phi) is 1.75. The van der Waals surface area contributed by atoms with Crippen molar-refractivity contribution in [2.75, 3.05) is 5.73 Å². The van der Waals surface area contributed by atoms with Gasteiger partial charge in [0.05, 0.1) is 30.2 Å². The van der Waals surface area contributed by atoms with Gasteiger partial charge in [-0.15, -0.1) is 0 Å². The molecule has 0 saturated heterocycles. The number of nitrogens with zero attached hydrogens (tertiary/aromatic N) is 4. The van der Waals surface area contributed by atoms with E-state index in [0.29, 0.717) is 12.4 Å². The standard InChI is InChI=1S/C6H7N5S/c7-6-1-2-11(9-6)4-5-3-8-12-10-5/h1-3H,4H2,(H2,7,9). The molecule has 6 heteroatoms. The molecule has 12 heavy (non-hydrogen) atoms. The lowest BCUT2D eigenvalue weighted by Crippen LogP contribution is -2.00. The predicted molar refractivity (Wildman–Crippen MR) is 45.7 cm³/mol. The summed E-state index contributed by atoms with van der Waals surface area (Å²) >= 11 is 1.19. The van der Waals surface area contributed by atoms with E-state index in [4.69, 9.17) is 5.73 Å². The van der Waals surface area contributed by atoms with E-state index in [-0.39, 0.29) is 0 Å². The van der Waals surface area contributed by atoms with Crippen molar-refractivity contribution in [3.8, 4) is 0 Å². The highest BCUT2D eigenvalue weighted by Gasteiger charge is 1.98. The highest BCUT2D eigenvalue weighted by atomic mass is 32.1. The average Bonchev–Trinajstić information content (AvgIpc) is 2.63. The average molecular weight is 181 g/mol. The molecule has 0 amide bonds. The second-order valence-corrected chi connectivity index (χ2v) is 2.89. The van der Waals surface area contributed by atoms with Crippen LogP contribution in [0.25, 0.3) is 0 Å². The minimum atomic E-state index is 0.526. The summed E-state index contributed by atoms with van der Waals surface area (Å²) in [4.78, 5) is 0. The Morgan fingerprint density at radius 3 is 3.08 bits per heavy atom. The number of hydrogen-bond donors (Lipinski definition) is 1. The third-order valence-corrected chi connectivity index (χ3v) is 1.91. The molecule has 62 valence electrons. The number of nitrogen functional groups attached to an aromatic ring is 1. The fourth-order valence-electron chi connectivity index (χ4n) is 0.885. The Morgan fingerprint density at radius 1 is 1.58 bits per heavy atom. The highest BCUT2D eigenvalue weighted by molar-refractivity contribution is 6.99. The van der Waals surface area contributed by atoms with Crippen molar-refractivity contribution in [2.24, 2.45) is 0 Å². The zero-order valence-corrected chi connectivity index (χ0v) is 7.03. The van der Waals surface area contributed by atoms with Crippen molar-refractivity contribution in [2.45, 2.75) is 6.54 Å². The first kappa shape index (κ1) is 7.23. The third kappa shape index (κ3) is 1.42. The molecule has 2 aromatic heterocycles. The topological polar surface area (TPSA) is 69.6 Å². The summed E-state index contributed by atoms with van der Waals surface area (Å²) < 4.78 is 9.66. The second-order valence-electron chi connectivity index (χ2n) is 2.34. The SMILES string of the molecule is Nc1ccn(Cc2cnsn2)n1. The molecule has 0 spiro atoms. The third-order valence-electron chi connectivity index (χ3n) is 1.39. The molecule has 5 nitrogen and oxygen atoms in total. The van der Waals surface area contributed by atoms with Gasteiger partial charge in [0.15, 0.2) is 0 Å². The van der Waals surface area contributed by atoms with Crippen LogP contribution in [-0.4, -0.2) is 18.5 Å². The minimum absolute atomic E-state index is 0.526. The van der Waals surface area contributed by atoms with Crippen molar-refractivity contribution in [3.63, 3.8) is 0 Å². The molecular weight excluding hydrogens is 174 g/mol. The van der Waals surface area contributed by atoms with Crippen LogP contribution in [0.5, 0.6) is 0 Å². The van der Waals surface area contributed by atoms with Crippen molar-refractivity contribution in [1.29, 1.82) is 0 Å². The Hall–Kier alpha value is -1.43. The molecule has 0 bridgehead atoms. The number of rotatable bonds is 2. The van der Waals surface area contributed by atoms with Gasteiger partial charge in [0, 0.05) is 6.20 Å². The number of nitrogens with two attached hydrogens (primary N) is 1. The Bertz CT molecular complexity index is 352. The summed E-state index contributed by atoms with van der Waals surface area (Å²) in [7, 11) is 0. The molecule has 0 fully saturated rings. The summed E-state index contributed by atoms with van der Waals surface area (Å²) in [5.74, 6) is 0.526. The van der Waals surface area contributed by atoms with Gasteiger partial charge in [-0.2, -0.15) is 13.8 Å². The largest absolute Gasteiger partial charge is 0.382 e. The van der Waals surface area contributed by atoms with E-state index < -0.39 is 0 Å². The Morgan fingerprint density at radius 2 is 2.50 bits per heavy atom. The van der Waals surface area contributed by atoms with Gasteiger partial charge < -0.3 is 5.73 Å². The van der Waals surface area contributed by atoms with Gasteiger partial charge in [-0.05, 0) is 6.07 Å². The van der Waals surface area contributed by atoms with Crippen molar-refractivity contribution in [1.82, 2.24) is 18.5 Å². The van der Waals surface area contributed by atoms with Crippen molar-refractivity contribution < 1.29 is 0 Å². The fourth-order valence-corrected chi connectivity index (χ4v) is 1.31. The van der Waals surface area contributed by atoms with E-state index in [0.717, 1.165) is 5.69 Å². The van der Waals surface area contributed by atoms with Crippen molar-refractivity contribution >= 4 is 17.5 Å². The van der Waals surface area contributed by atoms with Crippen LogP contribution in [0.1, 0.15) is 5.69 Å². The molecule has 0 saturated carbocycles. The van der Waals surface area contributed by atoms with Crippen LogP contribution in [0.15, 0.2) is 18.5 Å². The van der Waals surface area contributed by atoms with E-state index in [2.05, 4.69) is 13.8 Å². The summed E-state index contributed by atoms with van der Waals surface area (Å²) in [6.45, 7) is 0.633. The first-order valence-electron chi connectivity index (χ1n) is 3.40. The normalized spacial score (nSPS) is 10.3. The monoisotopic (exact) mass is 181 g/mol. The molecule has 0 aliphatic rings. The first-order valence-corrected chi connectivity index (χ1v) is 4.13. The minimum Gasteiger partial charge on any atom is -0.382 e. The number of aromatic nitrogens is 4. The molecule has 0 unspecified atom stereocenters. The lowest BCUT2D eigenvalue weighted by molar-refractivity contribution is 0.680. The quantitative estimate of drug-likeness (QED) is 0.726. The molecule has 2 rings (SSSR count). The van der Waals surface area contributed by atoms with Crippen LogP contribution < -0.4 is 5.73 Å². The van der Waals surface area contributed by atoms with Gasteiger partial charge in [-0.3, -0.25) is 4.68 Å². The summed E-state index contributed by atoms with van der Waals surface area (Å²) in [6.07, 6.45) is 3.54. The maximum atomic E-state index is 5.44. The molecule has 0 aromatic carbocycles. The maximum Gasteiger partial charge on any atom is 0.145 e. The van der Waals surface area contributed by atoms with Gasteiger partial charge in [0.2, 0.25) is 0 Å². The second kappa shape index (κ2) is 2.90. The van der Waals surface area contributed by atoms with E-state index in [1.54, 1.807) is 16.9 Å². The summed E-state index contributed by atoms with van der Waals surface area (Å²) in [5, 5.41) is 4.02. The zero-order chi connectivity index (χ0) is 8.39. The van der Waals surface area contributed by atoms with E-state index >= 15 is 0 Å². The van der Waals surface area contributed by atoms with Gasteiger partial charge in [0.1, 0.15) is 5.82 Å². The van der Waals surface area contributed by atoms with E-state index in [9.17, 15) is 0 Å². The summed E-state index contributed by atoms with van der Waals surface area (Å²) in [6, 6.07) is 1.75. The molecule has 0 aliphatic heterocycles. The van der Waals surface area contributed by atoms with Gasteiger partial charge >= 0.3 is 0 Å². The smallest absolute Gasteiger partial charge is 0.145 e. The zero-order valence-electron chi connectivity index (χ0n) is 6.21. The van der Waals surface area contributed by atoms with Crippen LogP contribution in [0.3, 0.4) is 0 Å². The molecule has 0 atom stereocenters. The number of hydrogen-bond acceptors (Lipinski definition) is 5. The molecule has 0 radical (unpaired) electrons. The van der Waals surface area contributed by atoms with Gasteiger partial charge in [-0.25, -0.2) is 0 Å². The fraction of sp³-hybridized carbons (Fsp3) is 0.167. The lowest BCUT2D eigenvalue weighted by atomic mass is 10.5. The highest BCUT2D eigenvalue weighted by Crippen LogP contribution is 2.01. The Labute approximate surface area is 73.2 Å². The van der Waals surface area contributed by atoms with Crippen LogP contribution in [0.4, 0.5) is 5.82 Å². The van der Waals surface area contributed by atoms with E-state index in [1.807, 2.05) is 6.20 Å². The molecule has 2 N–H and O–H groups in total. The van der Waals surface area contributed by atoms with E-state index in [1.165, 1.54) is 11.7 Å². The maximum absolute atomic E-state index is 5.44. The van der Waals surface area contributed by atoms with Crippen LogP contribution >= 0.6 is 11.7 Å². The Balaban J connectivity index is 2.14. The van der Waals surface area contributed by atoms with Crippen LogP contribution in [-0.2, 0) is 6.54 Å². The molecule has 2 heterocycles. The number of anilines is 1. The van der Waals surface area contributed by atoms with Crippen LogP contribution in [0, 0.1) is 0 Å². The molecular formula is C6H7N5S. The van der Waals surface area contributed by atoms with Crippen molar-refractivity contribution in [3.05, 3.63) is 24.2 Å². The predicted octanol–water partition coefficient (Wildman–Crippen LogP) is 0.365. The summed E-state index contributed by atoms with van der Waals surface area (Å²) in [5.41, 5.74) is 6.35. The molecule has 0 aliphatic carbocycles. The van der Waals surface area contributed by atoms with Crippen LogP contribution in [0.2, 0.25) is 0 Å². The lowest BCUT2D eigenvalue weighted by Gasteiger charge is -1.94. The van der Waals surface area contributed by atoms with Gasteiger partial charge in [-0.1, -0.05) is 0 Å². The first-order chi connectivity index (χ1) is 5.84. The van der Waals surface area contributed by atoms with Gasteiger partial charge in [0.25, 0.3) is 0 Å².